The molecule has 3 aromatic carbocycles. The van der Waals surface area contributed by atoms with E-state index in [-0.39, 0.29) is 5.75 Å². The smallest absolute Gasteiger partial charge is 0.347 e. The van der Waals surface area contributed by atoms with Gasteiger partial charge in [-0.05, 0) is 60.2 Å². The number of hydrazone groups is 1. The lowest BCUT2D eigenvalue weighted by molar-refractivity contribution is 0.0726. The Kier molecular flexibility index (Phi) is 7.56. The fourth-order valence-corrected chi connectivity index (χ4v) is 2.83. The Balaban J connectivity index is 1.64. The summed E-state index contributed by atoms with van der Waals surface area (Å²) in [5, 5.41) is 7.49. The van der Waals surface area contributed by atoms with Crippen LogP contribution in [0, 0.1) is 0 Å². The van der Waals surface area contributed by atoms with Gasteiger partial charge in [-0.3, -0.25) is 5.43 Å². The van der Waals surface area contributed by atoms with Crippen molar-refractivity contribution in [2.24, 2.45) is 5.10 Å². The van der Waals surface area contributed by atoms with Crippen molar-refractivity contribution < 1.29 is 19.0 Å². The number of rotatable bonds is 7. The SMILES string of the molecule is COc1cc(/C=N\NC(=S)Nc2ccccc2)ccc1OC(=O)c1ccccc1OC. The van der Waals surface area contributed by atoms with E-state index in [1.807, 2.05) is 30.3 Å². The molecule has 0 radical (unpaired) electrons. The van der Waals surface area contributed by atoms with Crippen molar-refractivity contribution in [2.75, 3.05) is 19.5 Å². The third-order valence-corrected chi connectivity index (χ3v) is 4.32. The second kappa shape index (κ2) is 10.7. The van der Waals surface area contributed by atoms with Crippen LogP contribution in [0.3, 0.4) is 0 Å². The third kappa shape index (κ3) is 6.03. The highest BCUT2D eigenvalue weighted by Gasteiger charge is 2.16. The number of nitrogens with zero attached hydrogens (tertiary/aromatic N) is 1. The molecule has 0 unspecified atom stereocenters. The van der Waals surface area contributed by atoms with Crippen LogP contribution in [-0.4, -0.2) is 31.5 Å². The Hall–Kier alpha value is -3.91. The summed E-state index contributed by atoms with van der Waals surface area (Å²) in [6, 6.07) is 21.4. The van der Waals surface area contributed by atoms with Gasteiger partial charge >= 0.3 is 5.97 Å². The minimum absolute atomic E-state index is 0.282. The van der Waals surface area contributed by atoms with Gasteiger partial charge in [-0.25, -0.2) is 4.79 Å². The summed E-state index contributed by atoms with van der Waals surface area (Å²) in [5.41, 5.74) is 4.65. The maximum atomic E-state index is 12.5. The Morgan fingerprint density at radius 2 is 1.61 bits per heavy atom. The lowest BCUT2D eigenvalue weighted by Gasteiger charge is -2.11. The lowest BCUT2D eigenvalue weighted by atomic mass is 10.2. The van der Waals surface area contributed by atoms with Crippen molar-refractivity contribution in [1.82, 2.24) is 5.43 Å². The molecular formula is C23H21N3O4S. The van der Waals surface area contributed by atoms with Gasteiger partial charge in [0, 0.05) is 5.69 Å². The average Bonchev–Trinajstić information content (AvgIpc) is 2.80. The van der Waals surface area contributed by atoms with Gasteiger partial charge < -0.3 is 19.5 Å². The minimum Gasteiger partial charge on any atom is -0.496 e. The first-order valence-electron chi connectivity index (χ1n) is 9.29. The maximum absolute atomic E-state index is 12.5. The normalized spacial score (nSPS) is 10.4. The van der Waals surface area contributed by atoms with Gasteiger partial charge in [0.2, 0.25) is 0 Å². The van der Waals surface area contributed by atoms with Gasteiger partial charge in [0.15, 0.2) is 16.6 Å². The molecule has 31 heavy (non-hydrogen) atoms. The van der Waals surface area contributed by atoms with Crippen LogP contribution in [0.5, 0.6) is 17.2 Å². The third-order valence-electron chi connectivity index (χ3n) is 4.13. The van der Waals surface area contributed by atoms with Gasteiger partial charge in [0.05, 0.1) is 20.4 Å². The van der Waals surface area contributed by atoms with E-state index in [0.29, 0.717) is 22.2 Å². The number of hydrogen-bond acceptors (Lipinski definition) is 6. The van der Waals surface area contributed by atoms with Crippen LogP contribution in [0.15, 0.2) is 77.9 Å². The highest BCUT2D eigenvalue weighted by Crippen LogP contribution is 2.29. The predicted molar refractivity (Wildman–Crippen MR) is 124 cm³/mol. The summed E-state index contributed by atoms with van der Waals surface area (Å²) in [4.78, 5) is 12.5. The average molecular weight is 436 g/mol. The van der Waals surface area contributed by atoms with Crippen molar-refractivity contribution in [3.63, 3.8) is 0 Å². The van der Waals surface area contributed by atoms with Gasteiger partial charge in [0.25, 0.3) is 0 Å². The highest BCUT2D eigenvalue weighted by molar-refractivity contribution is 7.80. The van der Waals surface area contributed by atoms with Crippen LogP contribution in [0.1, 0.15) is 15.9 Å². The van der Waals surface area contributed by atoms with Crippen molar-refractivity contribution in [3.05, 3.63) is 83.9 Å². The van der Waals surface area contributed by atoms with E-state index >= 15 is 0 Å². The number of carbonyl (C=O) groups is 1. The molecule has 2 N–H and O–H groups in total. The number of benzene rings is 3. The number of methoxy groups -OCH3 is 2. The molecule has 7 nitrogen and oxygen atoms in total. The molecule has 0 aliphatic rings. The largest absolute Gasteiger partial charge is 0.496 e. The highest BCUT2D eigenvalue weighted by atomic mass is 32.1. The molecule has 0 saturated carbocycles. The van der Waals surface area contributed by atoms with Crippen LogP contribution in [-0.2, 0) is 0 Å². The zero-order valence-electron chi connectivity index (χ0n) is 17.0. The van der Waals surface area contributed by atoms with Crippen molar-refractivity contribution >= 4 is 35.2 Å². The number of para-hydroxylation sites is 2. The molecule has 0 heterocycles. The molecule has 8 heteroatoms. The molecule has 0 saturated heterocycles. The first-order valence-corrected chi connectivity index (χ1v) is 9.70. The standard InChI is InChI=1S/C23H21N3O4S/c1-28-19-11-7-6-10-18(19)22(27)30-20-13-12-16(14-21(20)29-2)15-24-26-23(31)25-17-8-4-3-5-9-17/h3-15H,1-2H3,(H2,25,26,31)/b24-15-. The van der Waals surface area contributed by atoms with E-state index < -0.39 is 5.97 Å². The molecule has 0 atom stereocenters. The number of nitrogens with one attached hydrogen (secondary N) is 2. The fraction of sp³-hybridized carbons (Fsp3) is 0.0870. The summed E-state index contributed by atoms with van der Waals surface area (Å²) >= 11 is 5.21. The van der Waals surface area contributed by atoms with E-state index in [2.05, 4.69) is 15.8 Å². The molecule has 0 amide bonds. The zero-order valence-corrected chi connectivity index (χ0v) is 17.8. The predicted octanol–water partition coefficient (Wildman–Crippen LogP) is 4.24. The molecule has 158 valence electrons. The monoisotopic (exact) mass is 435 g/mol. The van der Waals surface area contributed by atoms with E-state index in [1.54, 1.807) is 48.7 Å². The van der Waals surface area contributed by atoms with Crippen molar-refractivity contribution in [2.45, 2.75) is 0 Å². The lowest BCUT2D eigenvalue weighted by Crippen LogP contribution is -2.23. The molecule has 0 aromatic heterocycles. The summed E-state index contributed by atoms with van der Waals surface area (Å²) in [7, 11) is 2.99. The maximum Gasteiger partial charge on any atom is 0.347 e. The van der Waals surface area contributed by atoms with Crippen LogP contribution in [0.25, 0.3) is 0 Å². The Morgan fingerprint density at radius 1 is 0.903 bits per heavy atom. The van der Waals surface area contributed by atoms with Crippen molar-refractivity contribution in [3.8, 4) is 17.2 Å². The molecule has 3 rings (SSSR count). The first-order chi connectivity index (χ1) is 15.1. The van der Waals surface area contributed by atoms with Gasteiger partial charge in [-0.1, -0.05) is 30.3 Å². The molecule has 0 aliphatic carbocycles. The topological polar surface area (TPSA) is 81.2 Å². The summed E-state index contributed by atoms with van der Waals surface area (Å²) in [5.74, 6) is 0.555. The Labute approximate surface area is 185 Å². The fourth-order valence-electron chi connectivity index (χ4n) is 2.66. The van der Waals surface area contributed by atoms with E-state index in [1.165, 1.54) is 14.2 Å². The summed E-state index contributed by atoms with van der Waals surface area (Å²) < 4.78 is 16.1. The number of anilines is 1. The Morgan fingerprint density at radius 3 is 2.35 bits per heavy atom. The number of carbonyl (C=O) groups excluding carboxylic acids is 1. The van der Waals surface area contributed by atoms with E-state index in [4.69, 9.17) is 26.4 Å². The molecule has 0 bridgehead atoms. The Bertz CT molecular complexity index is 1090. The zero-order chi connectivity index (χ0) is 22.1. The van der Waals surface area contributed by atoms with Crippen LogP contribution in [0.2, 0.25) is 0 Å². The molecule has 3 aromatic rings. The second-order valence-electron chi connectivity index (χ2n) is 6.19. The summed E-state index contributed by atoms with van der Waals surface area (Å²) in [6.07, 6.45) is 1.58. The summed E-state index contributed by atoms with van der Waals surface area (Å²) in [6.45, 7) is 0. The number of esters is 1. The second-order valence-corrected chi connectivity index (χ2v) is 6.60. The quantitative estimate of drug-likeness (QED) is 0.189. The van der Waals surface area contributed by atoms with Gasteiger partial charge in [-0.15, -0.1) is 0 Å². The number of ether oxygens (including phenoxy) is 3. The van der Waals surface area contributed by atoms with E-state index in [0.717, 1.165) is 11.3 Å². The molecular weight excluding hydrogens is 414 g/mol. The molecule has 0 aliphatic heterocycles. The number of thiocarbonyl (C=S) groups is 1. The van der Waals surface area contributed by atoms with Crippen molar-refractivity contribution in [1.29, 1.82) is 0 Å². The minimum atomic E-state index is -0.545. The van der Waals surface area contributed by atoms with Crippen LogP contribution >= 0.6 is 12.2 Å². The van der Waals surface area contributed by atoms with Crippen LogP contribution in [0.4, 0.5) is 5.69 Å². The first kappa shape index (κ1) is 21.8. The number of hydrogen-bond donors (Lipinski definition) is 2. The van der Waals surface area contributed by atoms with Gasteiger partial charge in [0.1, 0.15) is 11.3 Å². The van der Waals surface area contributed by atoms with E-state index in [9.17, 15) is 4.79 Å². The van der Waals surface area contributed by atoms with Gasteiger partial charge in [-0.2, -0.15) is 5.10 Å². The molecule has 0 fully saturated rings. The van der Waals surface area contributed by atoms with Crippen LogP contribution < -0.4 is 25.0 Å². The molecule has 0 spiro atoms.